The first-order valence-electron chi connectivity index (χ1n) is 6.32. The van der Waals surface area contributed by atoms with Gasteiger partial charge in [-0.15, -0.1) is 0 Å². The van der Waals surface area contributed by atoms with Crippen LogP contribution < -0.4 is 16.4 Å². The molecule has 21 heavy (non-hydrogen) atoms. The molecule has 1 aliphatic rings. The molecule has 6 heteroatoms. The molecule has 2 aromatic carbocycles. The van der Waals surface area contributed by atoms with Crippen LogP contribution in [0.1, 0.15) is 15.9 Å². The van der Waals surface area contributed by atoms with Crippen LogP contribution in [-0.4, -0.2) is 11.8 Å². The predicted octanol–water partition coefficient (Wildman–Crippen LogP) is 2.15. The molecule has 106 valence electrons. The van der Waals surface area contributed by atoms with Crippen LogP contribution in [0.25, 0.3) is 0 Å². The topological polar surface area (TPSA) is 84.2 Å². The van der Waals surface area contributed by atoms with E-state index in [0.29, 0.717) is 11.3 Å². The predicted molar refractivity (Wildman–Crippen MR) is 77.5 cm³/mol. The maximum atomic E-state index is 13.1. The van der Waals surface area contributed by atoms with E-state index in [1.54, 1.807) is 18.2 Å². The Labute approximate surface area is 120 Å². The third kappa shape index (κ3) is 2.55. The third-order valence-electron chi connectivity index (χ3n) is 3.25. The average molecular weight is 285 g/mol. The summed E-state index contributed by atoms with van der Waals surface area (Å²) in [5.74, 6) is -0.966. The summed E-state index contributed by atoms with van der Waals surface area (Å²) in [5, 5.41) is 5.34. The lowest BCUT2D eigenvalue weighted by Crippen LogP contribution is -2.12. The molecule has 0 aliphatic carbocycles. The first-order valence-corrected chi connectivity index (χ1v) is 6.32. The Morgan fingerprint density at radius 3 is 2.81 bits per heavy atom. The minimum absolute atomic E-state index is 0.0310. The number of nitrogen functional groups attached to an aromatic ring is 1. The van der Waals surface area contributed by atoms with Gasteiger partial charge in [0.2, 0.25) is 5.91 Å². The van der Waals surface area contributed by atoms with Gasteiger partial charge < -0.3 is 16.4 Å². The van der Waals surface area contributed by atoms with Crippen molar-refractivity contribution in [3.63, 3.8) is 0 Å². The molecular weight excluding hydrogens is 273 g/mol. The molecule has 0 radical (unpaired) electrons. The zero-order chi connectivity index (χ0) is 15.0. The monoisotopic (exact) mass is 285 g/mol. The second-order valence-corrected chi connectivity index (χ2v) is 4.79. The summed E-state index contributed by atoms with van der Waals surface area (Å²) < 4.78 is 13.1. The highest BCUT2D eigenvalue weighted by Crippen LogP contribution is 2.24. The van der Waals surface area contributed by atoms with Gasteiger partial charge >= 0.3 is 0 Å². The van der Waals surface area contributed by atoms with Gasteiger partial charge in [-0.1, -0.05) is 0 Å². The van der Waals surface area contributed by atoms with Crippen molar-refractivity contribution in [1.82, 2.24) is 0 Å². The molecule has 0 fully saturated rings. The van der Waals surface area contributed by atoms with Gasteiger partial charge in [0.05, 0.1) is 12.1 Å². The molecular formula is C15H12FN3O2. The summed E-state index contributed by atoms with van der Waals surface area (Å²) in [6, 6.07) is 8.94. The van der Waals surface area contributed by atoms with Crippen LogP contribution in [0.4, 0.5) is 21.5 Å². The molecule has 0 saturated heterocycles. The highest BCUT2D eigenvalue weighted by molar-refractivity contribution is 6.06. The Bertz CT molecular complexity index is 759. The lowest BCUT2D eigenvalue weighted by atomic mass is 10.1. The van der Waals surface area contributed by atoms with E-state index in [2.05, 4.69) is 10.6 Å². The van der Waals surface area contributed by atoms with E-state index in [9.17, 15) is 14.0 Å². The van der Waals surface area contributed by atoms with Gasteiger partial charge in [-0.05, 0) is 42.0 Å². The summed E-state index contributed by atoms with van der Waals surface area (Å²) in [7, 11) is 0. The standard InChI is InChI=1S/C15H12FN3O2/c16-11-3-2-10(7-12(11)17)18-15(21)8-1-4-13-9(5-8)6-14(20)19-13/h1-5,7H,6,17H2,(H,18,21)(H,19,20). The number of anilines is 3. The fourth-order valence-electron chi connectivity index (χ4n) is 2.20. The molecule has 5 nitrogen and oxygen atoms in total. The van der Waals surface area contributed by atoms with E-state index in [0.717, 1.165) is 11.3 Å². The van der Waals surface area contributed by atoms with Gasteiger partial charge in [-0.2, -0.15) is 0 Å². The average Bonchev–Trinajstić information content (AvgIpc) is 2.82. The summed E-state index contributed by atoms with van der Waals surface area (Å²) in [6.07, 6.45) is 0.264. The number of amides is 2. The van der Waals surface area contributed by atoms with Crippen LogP contribution in [0.2, 0.25) is 0 Å². The van der Waals surface area contributed by atoms with Gasteiger partial charge in [0, 0.05) is 16.9 Å². The third-order valence-corrected chi connectivity index (χ3v) is 3.25. The lowest BCUT2D eigenvalue weighted by molar-refractivity contribution is -0.115. The van der Waals surface area contributed by atoms with Crippen molar-refractivity contribution in [3.8, 4) is 0 Å². The van der Waals surface area contributed by atoms with Crippen LogP contribution in [0.15, 0.2) is 36.4 Å². The number of hydrogen-bond acceptors (Lipinski definition) is 3. The minimum atomic E-state index is -0.532. The first-order chi connectivity index (χ1) is 10.0. The van der Waals surface area contributed by atoms with Crippen molar-refractivity contribution in [2.75, 3.05) is 16.4 Å². The number of carbonyl (C=O) groups is 2. The van der Waals surface area contributed by atoms with E-state index in [4.69, 9.17) is 5.73 Å². The molecule has 0 unspecified atom stereocenters. The number of benzene rings is 2. The summed E-state index contributed by atoms with van der Waals surface area (Å²) in [5.41, 5.74) is 7.76. The summed E-state index contributed by atoms with van der Waals surface area (Å²) >= 11 is 0. The van der Waals surface area contributed by atoms with E-state index < -0.39 is 5.82 Å². The molecule has 0 saturated carbocycles. The molecule has 3 rings (SSSR count). The Morgan fingerprint density at radius 1 is 1.24 bits per heavy atom. The van der Waals surface area contributed by atoms with Gasteiger partial charge in [0.15, 0.2) is 0 Å². The van der Waals surface area contributed by atoms with E-state index >= 15 is 0 Å². The van der Waals surface area contributed by atoms with Gasteiger partial charge in [-0.25, -0.2) is 4.39 Å². The quantitative estimate of drug-likeness (QED) is 0.739. The molecule has 1 aliphatic heterocycles. The SMILES string of the molecule is Nc1cc(NC(=O)c2ccc3c(c2)CC(=O)N3)ccc1F. The van der Waals surface area contributed by atoms with Crippen molar-refractivity contribution in [2.24, 2.45) is 0 Å². The fraction of sp³-hybridized carbons (Fsp3) is 0.0667. The van der Waals surface area contributed by atoms with Crippen LogP contribution in [-0.2, 0) is 11.2 Å². The number of nitrogens with one attached hydrogen (secondary N) is 2. The van der Waals surface area contributed by atoms with Crippen LogP contribution in [0, 0.1) is 5.82 Å². The van der Waals surface area contributed by atoms with Crippen molar-refractivity contribution < 1.29 is 14.0 Å². The summed E-state index contributed by atoms with van der Waals surface area (Å²) in [6.45, 7) is 0. The lowest BCUT2D eigenvalue weighted by Gasteiger charge is -2.07. The Balaban J connectivity index is 1.81. The number of hydrogen-bond donors (Lipinski definition) is 3. The maximum absolute atomic E-state index is 13.1. The second-order valence-electron chi connectivity index (χ2n) is 4.79. The first kappa shape index (κ1) is 13.1. The molecule has 4 N–H and O–H groups in total. The Hall–Kier alpha value is -2.89. The highest BCUT2D eigenvalue weighted by Gasteiger charge is 2.19. The van der Waals surface area contributed by atoms with Gasteiger partial charge in [-0.3, -0.25) is 9.59 Å². The van der Waals surface area contributed by atoms with Gasteiger partial charge in [0.25, 0.3) is 5.91 Å². The molecule has 1 heterocycles. The van der Waals surface area contributed by atoms with E-state index in [1.165, 1.54) is 18.2 Å². The molecule has 0 bridgehead atoms. The van der Waals surface area contributed by atoms with E-state index in [1.807, 2.05) is 0 Å². The zero-order valence-corrected chi connectivity index (χ0v) is 10.9. The minimum Gasteiger partial charge on any atom is -0.396 e. The van der Waals surface area contributed by atoms with Crippen molar-refractivity contribution >= 4 is 28.9 Å². The largest absolute Gasteiger partial charge is 0.396 e. The highest BCUT2D eigenvalue weighted by atomic mass is 19.1. The number of carbonyl (C=O) groups excluding carboxylic acids is 2. The maximum Gasteiger partial charge on any atom is 0.255 e. The molecule has 0 atom stereocenters. The van der Waals surface area contributed by atoms with Gasteiger partial charge in [0.1, 0.15) is 5.82 Å². The number of rotatable bonds is 2. The normalized spacial score (nSPS) is 12.7. The van der Waals surface area contributed by atoms with Crippen LogP contribution in [0.5, 0.6) is 0 Å². The zero-order valence-electron chi connectivity index (χ0n) is 10.9. The smallest absolute Gasteiger partial charge is 0.255 e. The number of halogens is 1. The Morgan fingerprint density at radius 2 is 2.05 bits per heavy atom. The fourth-order valence-corrected chi connectivity index (χ4v) is 2.20. The molecule has 2 amide bonds. The van der Waals surface area contributed by atoms with Crippen LogP contribution >= 0.6 is 0 Å². The van der Waals surface area contributed by atoms with E-state index in [-0.39, 0.29) is 23.9 Å². The van der Waals surface area contributed by atoms with Crippen LogP contribution in [0.3, 0.4) is 0 Å². The van der Waals surface area contributed by atoms with Crippen molar-refractivity contribution in [2.45, 2.75) is 6.42 Å². The molecule has 0 aromatic heterocycles. The second kappa shape index (κ2) is 4.90. The number of fused-ring (bicyclic) bond motifs is 1. The summed E-state index contributed by atoms with van der Waals surface area (Å²) in [4.78, 5) is 23.4. The number of nitrogens with two attached hydrogens (primary N) is 1. The molecule has 2 aromatic rings. The van der Waals surface area contributed by atoms with Crippen molar-refractivity contribution in [1.29, 1.82) is 0 Å². The molecule has 0 spiro atoms. The van der Waals surface area contributed by atoms with Crippen molar-refractivity contribution in [3.05, 3.63) is 53.3 Å². The Kier molecular flexibility index (Phi) is 3.06.